The van der Waals surface area contributed by atoms with E-state index in [0.29, 0.717) is 11.6 Å². The third kappa shape index (κ3) is 5.89. The molecule has 0 saturated carbocycles. The average molecular weight is 257 g/mol. The second-order valence-corrected chi connectivity index (χ2v) is 4.47. The molecule has 0 aliphatic rings. The molecule has 4 heteroatoms. The van der Waals surface area contributed by atoms with E-state index in [0.717, 1.165) is 25.4 Å². The van der Waals surface area contributed by atoms with Gasteiger partial charge in [0, 0.05) is 18.8 Å². The molecule has 1 rings (SSSR count). The van der Waals surface area contributed by atoms with Crippen LogP contribution in [0.25, 0.3) is 0 Å². The number of halogens is 1. The van der Waals surface area contributed by atoms with E-state index in [-0.39, 0.29) is 0 Å². The summed E-state index contributed by atoms with van der Waals surface area (Å²) >= 11 is 5.83. The van der Waals surface area contributed by atoms with Crippen molar-refractivity contribution in [3.63, 3.8) is 0 Å². The number of rotatable bonds is 8. The van der Waals surface area contributed by atoms with Crippen LogP contribution in [-0.4, -0.2) is 36.1 Å². The molecule has 0 aliphatic heterocycles. The normalized spacial score (nSPS) is 10.8. The van der Waals surface area contributed by atoms with Crippen molar-refractivity contribution in [1.29, 1.82) is 0 Å². The van der Waals surface area contributed by atoms with Crippen LogP contribution in [0.5, 0.6) is 5.75 Å². The third-order valence-corrected chi connectivity index (χ3v) is 2.64. The zero-order valence-corrected chi connectivity index (χ0v) is 11.4. The van der Waals surface area contributed by atoms with Gasteiger partial charge in [0.15, 0.2) is 0 Å². The van der Waals surface area contributed by atoms with E-state index in [9.17, 15) is 0 Å². The van der Waals surface area contributed by atoms with Crippen molar-refractivity contribution in [2.24, 2.45) is 0 Å². The highest BCUT2D eigenvalue weighted by Gasteiger charge is 2.03. The molecular formula is C13H21ClN2O. The molecule has 1 aromatic heterocycles. The van der Waals surface area contributed by atoms with E-state index in [1.54, 1.807) is 18.5 Å². The highest BCUT2D eigenvalue weighted by Crippen LogP contribution is 2.14. The summed E-state index contributed by atoms with van der Waals surface area (Å²) in [7, 11) is 0. The molecule has 0 unspecified atom stereocenters. The SMILES string of the molecule is CCCN(CCC)CCOc1cncc(Cl)c1. The number of aromatic nitrogens is 1. The first-order valence-electron chi connectivity index (χ1n) is 6.22. The molecular weight excluding hydrogens is 236 g/mol. The van der Waals surface area contributed by atoms with Crippen LogP contribution in [0.4, 0.5) is 0 Å². The largest absolute Gasteiger partial charge is 0.491 e. The summed E-state index contributed by atoms with van der Waals surface area (Å²) < 4.78 is 5.62. The van der Waals surface area contributed by atoms with E-state index in [1.807, 2.05) is 0 Å². The maximum Gasteiger partial charge on any atom is 0.139 e. The van der Waals surface area contributed by atoms with Gasteiger partial charge in [-0.2, -0.15) is 0 Å². The number of ether oxygens (including phenoxy) is 1. The Kier molecular flexibility index (Phi) is 6.97. The zero-order chi connectivity index (χ0) is 12.5. The summed E-state index contributed by atoms with van der Waals surface area (Å²) in [5.41, 5.74) is 0. The van der Waals surface area contributed by atoms with Gasteiger partial charge in [-0.3, -0.25) is 9.88 Å². The van der Waals surface area contributed by atoms with Crippen LogP contribution >= 0.6 is 11.6 Å². The van der Waals surface area contributed by atoms with Crippen LogP contribution in [0.3, 0.4) is 0 Å². The molecule has 0 atom stereocenters. The van der Waals surface area contributed by atoms with Gasteiger partial charge in [-0.15, -0.1) is 0 Å². The highest BCUT2D eigenvalue weighted by molar-refractivity contribution is 6.30. The fraction of sp³-hybridized carbons (Fsp3) is 0.615. The monoisotopic (exact) mass is 256 g/mol. The predicted molar refractivity (Wildman–Crippen MR) is 71.8 cm³/mol. The minimum atomic E-state index is 0.612. The summed E-state index contributed by atoms with van der Waals surface area (Å²) in [6, 6.07) is 1.79. The Labute approximate surface area is 109 Å². The van der Waals surface area contributed by atoms with Crippen molar-refractivity contribution in [1.82, 2.24) is 9.88 Å². The topological polar surface area (TPSA) is 25.4 Å². The van der Waals surface area contributed by atoms with Crippen LogP contribution < -0.4 is 4.74 Å². The maximum atomic E-state index is 5.83. The van der Waals surface area contributed by atoms with Crippen LogP contribution in [0, 0.1) is 0 Å². The van der Waals surface area contributed by atoms with Crippen molar-refractivity contribution < 1.29 is 4.74 Å². The Morgan fingerprint density at radius 1 is 1.18 bits per heavy atom. The molecule has 17 heavy (non-hydrogen) atoms. The molecule has 0 aliphatic carbocycles. The van der Waals surface area contributed by atoms with E-state index in [1.165, 1.54) is 12.8 Å². The Hall–Kier alpha value is -0.800. The fourth-order valence-electron chi connectivity index (χ4n) is 1.73. The minimum Gasteiger partial charge on any atom is -0.491 e. The number of hydrogen-bond acceptors (Lipinski definition) is 3. The molecule has 0 aromatic carbocycles. The summed E-state index contributed by atoms with van der Waals surface area (Å²) in [5, 5.41) is 0.612. The van der Waals surface area contributed by atoms with E-state index in [4.69, 9.17) is 16.3 Å². The first kappa shape index (κ1) is 14.3. The lowest BCUT2D eigenvalue weighted by molar-refractivity contribution is 0.208. The fourth-order valence-corrected chi connectivity index (χ4v) is 1.90. The standard InChI is InChI=1S/C13H21ClN2O/c1-3-5-16(6-4-2)7-8-17-13-9-12(14)10-15-11-13/h9-11H,3-8H2,1-2H3. The van der Waals surface area contributed by atoms with Crippen LogP contribution in [-0.2, 0) is 0 Å². The summed E-state index contributed by atoms with van der Waals surface area (Å²) in [6.45, 7) is 8.29. The third-order valence-electron chi connectivity index (χ3n) is 2.44. The lowest BCUT2D eigenvalue weighted by Crippen LogP contribution is -2.30. The van der Waals surface area contributed by atoms with Crippen molar-refractivity contribution in [3.05, 3.63) is 23.5 Å². The van der Waals surface area contributed by atoms with Gasteiger partial charge in [-0.1, -0.05) is 25.4 Å². The average Bonchev–Trinajstić information content (AvgIpc) is 2.30. The Morgan fingerprint density at radius 2 is 1.88 bits per heavy atom. The summed E-state index contributed by atoms with van der Waals surface area (Å²) in [6.07, 6.45) is 5.65. The lowest BCUT2D eigenvalue weighted by atomic mass is 10.3. The van der Waals surface area contributed by atoms with E-state index >= 15 is 0 Å². The minimum absolute atomic E-state index is 0.612. The zero-order valence-electron chi connectivity index (χ0n) is 10.7. The molecule has 3 nitrogen and oxygen atoms in total. The molecule has 0 bridgehead atoms. The number of nitrogens with zero attached hydrogens (tertiary/aromatic N) is 2. The van der Waals surface area contributed by atoms with E-state index in [2.05, 4.69) is 23.7 Å². The number of hydrogen-bond donors (Lipinski definition) is 0. The Bertz CT molecular complexity index is 314. The van der Waals surface area contributed by atoms with Gasteiger partial charge < -0.3 is 4.74 Å². The highest BCUT2D eigenvalue weighted by atomic mass is 35.5. The molecule has 1 aromatic rings. The molecule has 0 spiro atoms. The van der Waals surface area contributed by atoms with Gasteiger partial charge in [-0.05, 0) is 25.9 Å². The molecule has 0 saturated heterocycles. The van der Waals surface area contributed by atoms with Gasteiger partial charge in [0.05, 0.1) is 11.2 Å². The molecule has 1 heterocycles. The Morgan fingerprint density at radius 3 is 2.47 bits per heavy atom. The van der Waals surface area contributed by atoms with Gasteiger partial charge in [0.1, 0.15) is 12.4 Å². The smallest absolute Gasteiger partial charge is 0.139 e. The summed E-state index contributed by atoms with van der Waals surface area (Å²) in [5.74, 6) is 0.741. The molecule has 0 amide bonds. The van der Waals surface area contributed by atoms with Crippen molar-refractivity contribution in [3.8, 4) is 5.75 Å². The van der Waals surface area contributed by atoms with Crippen molar-refractivity contribution >= 4 is 11.6 Å². The molecule has 0 fully saturated rings. The van der Waals surface area contributed by atoms with Crippen molar-refractivity contribution in [2.75, 3.05) is 26.2 Å². The van der Waals surface area contributed by atoms with Crippen molar-refractivity contribution in [2.45, 2.75) is 26.7 Å². The Balaban J connectivity index is 2.30. The van der Waals surface area contributed by atoms with Crippen LogP contribution in [0.2, 0.25) is 5.02 Å². The first-order valence-corrected chi connectivity index (χ1v) is 6.59. The van der Waals surface area contributed by atoms with Gasteiger partial charge in [0.2, 0.25) is 0 Å². The molecule has 96 valence electrons. The van der Waals surface area contributed by atoms with E-state index < -0.39 is 0 Å². The van der Waals surface area contributed by atoms with Gasteiger partial charge in [-0.25, -0.2) is 0 Å². The quantitative estimate of drug-likeness (QED) is 0.714. The molecule has 0 radical (unpaired) electrons. The summed E-state index contributed by atoms with van der Waals surface area (Å²) in [4.78, 5) is 6.40. The van der Waals surface area contributed by atoms with Crippen LogP contribution in [0.15, 0.2) is 18.5 Å². The van der Waals surface area contributed by atoms with Gasteiger partial charge >= 0.3 is 0 Å². The predicted octanol–water partition coefficient (Wildman–Crippen LogP) is 3.24. The molecule has 0 N–H and O–H groups in total. The van der Waals surface area contributed by atoms with Gasteiger partial charge in [0.25, 0.3) is 0 Å². The second-order valence-electron chi connectivity index (χ2n) is 4.03. The van der Waals surface area contributed by atoms with Crippen LogP contribution in [0.1, 0.15) is 26.7 Å². The number of pyridine rings is 1. The lowest BCUT2D eigenvalue weighted by Gasteiger charge is -2.20. The first-order chi connectivity index (χ1) is 8.26. The maximum absolute atomic E-state index is 5.83. The second kappa shape index (κ2) is 8.31.